The molecule has 9 heteroatoms. The van der Waals surface area contributed by atoms with Crippen LogP contribution in [-0.2, 0) is 18.5 Å². The lowest BCUT2D eigenvalue weighted by molar-refractivity contribution is 0.0633. The van der Waals surface area contributed by atoms with Crippen molar-refractivity contribution in [2.75, 3.05) is 25.5 Å². The van der Waals surface area contributed by atoms with Crippen LogP contribution in [0.2, 0.25) is 0 Å². The average Bonchev–Trinajstić information content (AvgIpc) is 3.28. The molecule has 0 bridgehead atoms. The zero-order valence-corrected chi connectivity index (χ0v) is 22.5. The van der Waals surface area contributed by atoms with Gasteiger partial charge in [0.1, 0.15) is 0 Å². The van der Waals surface area contributed by atoms with E-state index < -0.39 is 5.82 Å². The Morgan fingerprint density at radius 2 is 1.92 bits per heavy atom. The molecule has 202 valence electrons. The Morgan fingerprint density at radius 3 is 2.64 bits per heavy atom. The van der Waals surface area contributed by atoms with E-state index in [0.717, 1.165) is 29.9 Å². The van der Waals surface area contributed by atoms with E-state index in [2.05, 4.69) is 44.4 Å². The Labute approximate surface area is 227 Å². The minimum atomic E-state index is -0.499. The molecule has 1 spiro atoms. The van der Waals surface area contributed by atoms with Crippen LogP contribution in [0.1, 0.15) is 65.5 Å². The van der Waals surface area contributed by atoms with Crippen LogP contribution in [0.4, 0.5) is 10.3 Å². The fourth-order valence-corrected chi connectivity index (χ4v) is 5.91. The molecule has 4 aromatic rings. The number of hydrogen-bond acceptors (Lipinski definition) is 5. The van der Waals surface area contributed by atoms with Gasteiger partial charge in [-0.25, -0.2) is 9.37 Å². The van der Waals surface area contributed by atoms with Gasteiger partial charge < -0.3 is 24.1 Å². The molecular formula is C30H33FN6O2. The van der Waals surface area contributed by atoms with E-state index in [1.54, 1.807) is 12.3 Å². The second-order valence-electron chi connectivity index (χ2n) is 10.5. The maximum Gasteiger partial charge on any atom is 0.254 e. The maximum absolute atomic E-state index is 14.2. The molecule has 1 atom stereocenters. The third-order valence-electron chi connectivity index (χ3n) is 7.98. The number of nitrogens with zero attached hydrogens (tertiary/aromatic N) is 5. The second kappa shape index (κ2) is 9.87. The van der Waals surface area contributed by atoms with E-state index >= 15 is 0 Å². The molecule has 8 nitrogen and oxygen atoms in total. The Kier molecular flexibility index (Phi) is 6.37. The SMILES string of the molecule is CCOc1cc(C(C)N2CC3(CC3)c3c(Cn4cccc4)cc(Cn4ccnc4NC)cc3C2=O)ncc1F. The number of carbonyl (C=O) groups excluding carboxylic acids is 1. The zero-order valence-electron chi connectivity index (χ0n) is 22.5. The van der Waals surface area contributed by atoms with Gasteiger partial charge in [0.05, 0.1) is 31.1 Å². The quantitative estimate of drug-likeness (QED) is 0.331. The second-order valence-corrected chi connectivity index (χ2v) is 10.5. The zero-order chi connectivity index (χ0) is 27.1. The first kappa shape index (κ1) is 25.2. The number of amides is 1. The molecular weight excluding hydrogens is 495 g/mol. The van der Waals surface area contributed by atoms with Crippen molar-refractivity contribution < 1.29 is 13.9 Å². The van der Waals surface area contributed by atoms with Gasteiger partial charge in [0.15, 0.2) is 11.6 Å². The number of ether oxygens (including phenoxy) is 1. The largest absolute Gasteiger partial charge is 0.491 e. The summed E-state index contributed by atoms with van der Waals surface area (Å²) < 4.78 is 23.9. The molecule has 6 rings (SSSR count). The highest BCUT2D eigenvalue weighted by Crippen LogP contribution is 2.55. The van der Waals surface area contributed by atoms with Gasteiger partial charge in [-0.1, -0.05) is 6.07 Å². The van der Waals surface area contributed by atoms with Crippen LogP contribution in [0.3, 0.4) is 0 Å². The summed E-state index contributed by atoms with van der Waals surface area (Å²) in [5.74, 6) is 0.417. The number of rotatable bonds is 9. The highest BCUT2D eigenvalue weighted by molar-refractivity contribution is 5.98. The molecule has 1 fully saturated rings. The van der Waals surface area contributed by atoms with Crippen LogP contribution in [0.25, 0.3) is 0 Å². The first-order valence-corrected chi connectivity index (χ1v) is 13.5. The van der Waals surface area contributed by atoms with Gasteiger partial charge in [0.25, 0.3) is 5.91 Å². The van der Waals surface area contributed by atoms with E-state index in [1.807, 2.05) is 48.7 Å². The summed E-state index contributed by atoms with van der Waals surface area (Å²) in [6.45, 7) is 6.05. The lowest BCUT2D eigenvalue weighted by Gasteiger charge is -2.39. The molecule has 1 aliphatic heterocycles. The number of carbonyl (C=O) groups is 1. The van der Waals surface area contributed by atoms with Gasteiger partial charge in [-0.15, -0.1) is 0 Å². The number of anilines is 1. The topological polar surface area (TPSA) is 77.2 Å². The van der Waals surface area contributed by atoms with E-state index in [-0.39, 0.29) is 23.1 Å². The summed E-state index contributed by atoms with van der Waals surface area (Å²) in [6.07, 6.45) is 11.1. The molecule has 3 aromatic heterocycles. The fourth-order valence-electron chi connectivity index (χ4n) is 5.91. The molecule has 0 radical (unpaired) electrons. The Bertz CT molecular complexity index is 1510. The Hall–Kier alpha value is -4.14. The van der Waals surface area contributed by atoms with Crippen LogP contribution in [0.5, 0.6) is 5.75 Å². The molecule has 1 N–H and O–H groups in total. The van der Waals surface area contributed by atoms with E-state index in [4.69, 9.17) is 4.74 Å². The van der Waals surface area contributed by atoms with Gasteiger partial charge >= 0.3 is 0 Å². The van der Waals surface area contributed by atoms with Gasteiger partial charge in [-0.3, -0.25) is 9.78 Å². The van der Waals surface area contributed by atoms with Crippen LogP contribution < -0.4 is 10.1 Å². The van der Waals surface area contributed by atoms with Crippen LogP contribution >= 0.6 is 0 Å². The van der Waals surface area contributed by atoms with Crippen molar-refractivity contribution in [2.45, 2.75) is 51.2 Å². The normalized spacial score (nSPS) is 16.3. The van der Waals surface area contributed by atoms with E-state index in [9.17, 15) is 9.18 Å². The summed E-state index contributed by atoms with van der Waals surface area (Å²) in [5, 5.41) is 3.13. The standard InChI is InChI=1S/C30H33FN6O2/c1-4-39-26-15-25(34-16-24(26)31)20(2)37-19-30(7-8-30)27-22(18-35-10-5-6-11-35)13-21(14-23(27)28(37)38)17-36-12-9-33-29(36)32-3/h5-6,9-16,20H,4,7-8,17-19H2,1-3H3,(H,32,33). The highest BCUT2D eigenvalue weighted by Gasteiger charge is 2.53. The third kappa shape index (κ3) is 4.56. The minimum Gasteiger partial charge on any atom is -0.491 e. The van der Waals surface area contributed by atoms with Crippen LogP contribution in [0, 0.1) is 5.82 Å². The summed E-state index contributed by atoms with van der Waals surface area (Å²) in [4.78, 5) is 24.8. The Balaban J connectivity index is 1.42. The lowest BCUT2D eigenvalue weighted by Crippen LogP contribution is -2.45. The molecule has 4 heterocycles. The first-order valence-electron chi connectivity index (χ1n) is 13.5. The van der Waals surface area contributed by atoms with Crippen molar-refractivity contribution in [3.63, 3.8) is 0 Å². The molecule has 1 unspecified atom stereocenters. The van der Waals surface area contributed by atoms with Gasteiger partial charge in [-0.05, 0) is 61.6 Å². The highest BCUT2D eigenvalue weighted by atomic mass is 19.1. The molecule has 1 aromatic carbocycles. The molecule has 1 aliphatic carbocycles. The molecule has 0 saturated heterocycles. The fraction of sp³-hybridized carbons (Fsp3) is 0.367. The number of pyridine rings is 1. The molecule has 2 aliphatic rings. The summed E-state index contributed by atoms with van der Waals surface area (Å²) >= 11 is 0. The van der Waals surface area contributed by atoms with E-state index in [0.29, 0.717) is 31.9 Å². The van der Waals surface area contributed by atoms with E-state index in [1.165, 1.54) is 17.3 Å². The number of fused-ring (bicyclic) bond motifs is 2. The average molecular weight is 529 g/mol. The Morgan fingerprint density at radius 1 is 1.13 bits per heavy atom. The lowest BCUT2D eigenvalue weighted by atomic mass is 9.81. The van der Waals surface area contributed by atoms with Crippen molar-refractivity contribution in [2.24, 2.45) is 0 Å². The van der Waals surface area contributed by atoms with Crippen molar-refractivity contribution in [3.05, 3.63) is 95.1 Å². The van der Waals surface area contributed by atoms with Crippen molar-refractivity contribution in [1.29, 1.82) is 0 Å². The number of imidazole rings is 1. The number of halogens is 1. The number of nitrogens with one attached hydrogen (secondary N) is 1. The van der Waals surface area contributed by atoms with Crippen LogP contribution in [0.15, 0.2) is 61.3 Å². The minimum absolute atomic E-state index is 0.0193. The van der Waals surface area contributed by atoms with Gasteiger partial charge in [0.2, 0.25) is 5.95 Å². The number of benzene rings is 1. The summed E-state index contributed by atoms with van der Waals surface area (Å²) in [5.41, 5.74) is 4.70. The van der Waals surface area contributed by atoms with Crippen molar-refractivity contribution in [1.82, 2.24) is 24.0 Å². The third-order valence-corrected chi connectivity index (χ3v) is 7.98. The van der Waals surface area contributed by atoms with Crippen LogP contribution in [-0.4, -0.2) is 50.1 Å². The monoisotopic (exact) mass is 528 g/mol. The molecule has 1 saturated carbocycles. The number of aromatic nitrogens is 4. The summed E-state index contributed by atoms with van der Waals surface area (Å²) in [7, 11) is 1.85. The smallest absolute Gasteiger partial charge is 0.254 e. The molecule has 1 amide bonds. The predicted molar refractivity (Wildman–Crippen MR) is 147 cm³/mol. The van der Waals surface area contributed by atoms with Gasteiger partial charge in [-0.2, -0.15) is 0 Å². The predicted octanol–water partition coefficient (Wildman–Crippen LogP) is 5.00. The number of hydrogen-bond donors (Lipinski definition) is 1. The van der Waals surface area contributed by atoms with Crippen molar-refractivity contribution >= 4 is 11.9 Å². The van der Waals surface area contributed by atoms with Crippen molar-refractivity contribution in [3.8, 4) is 5.75 Å². The maximum atomic E-state index is 14.2. The molecule has 39 heavy (non-hydrogen) atoms. The van der Waals surface area contributed by atoms with Gasteiger partial charge in [0, 0.05) is 62.0 Å². The summed E-state index contributed by atoms with van der Waals surface area (Å²) in [6, 6.07) is 9.64. The first-order chi connectivity index (χ1) is 18.9.